The second-order valence-electron chi connectivity index (χ2n) is 8.47. The minimum absolute atomic E-state index is 1.18. The van der Waals surface area contributed by atoms with Crippen molar-refractivity contribution in [2.75, 3.05) is 5.32 Å². The van der Waals surface area contributed by atoms with Gasteiger partial charge in [-0.25, -0.2) is 0 Å². The predicted octanol–water partition coefficient (Wildman–Crippen LogP) is 9.24. The Bertz CT molecular complexity index is 603. The lowest BCUT2D eigenvalue weighted by Gasteiger charge is -2.15. The molecule has 29 heavy (non-hydrogen) atoms. The van der Waals surface area contributed by atoms with Crippen LogP contribution >= 0.6 is 0 Å². The first-order valence-corrected chi connectivity index (χ1v) is 12.3. The quantitative estimate of drug-likeness (QED) is 0.280. The first-order valence-electron chi connectivity index (χ1n) is 12.3. The molecule has 0 aliphatic carbocycles. The van der Waals surface area contributed by atoms with Gasteiger partial charge in [-0.05, 0) is 48.9 Å². The summed E-state index contributed by atoms with van der Waals surface area (Å²) in [5, 5.41) is 3.76. The molecule has 0 heterocycles. The molecular formula is C28H43N. The molecule has 1 heteroatoms. The molecule has 0 saturated carbocycles. The zero-order valence-corrected chi connectivity index (χ0v) is 19.0. The van der Waals surface area contributed by atoms with Gasteiger partial charge in [0, 0.05) is 11.4 Å². The van der Waals surface area contributed by atoms with E-state index in [0.29, 0.717) is 0 Å². The average Bonchev–Trinajstić information content (AvgIpc) is 2.75. The van der Waals surface area contributed by atoms with Crippen LogP contribution < -0.4 is 5.32 Å². The molecule has 160 valence electrons. The van der Waals surface area contributed by atoms with Crippen LogP contribution in [0.15, 0.2) is 48.5 Å². The Balaban J connectivity index is 1.87. The number of hydrogen-bond donors (Lipinski definition) is 1. The molecular weight excluding hydrogens is 350 g/mol. The molecule has 0 saturated heterocycles. The highest BCUT2D eigenvalue weighted by Crippen LogP contribution is 2.26. The van der Waals surface area contributed by atoms with Gasteiger partial charge in [-0.15, -0.1) is 0 Å². The van der Waals surface area contributed by atoms with E-state index in [1.165, 1.54) is 112 Å². The lowest BCUT2D eigenvalue weighted by molar-refractivity contribution is 0.607. The highest BCUT2D eigenvalue weighted by molar-refractivity contribution is 5.66. The zero-order chi connectivity index (χ0) is 20.6. The van der Waals surface area contributed by atoms with E-state index < -0.39 is 0 Å². The summed E-state index contributed by atoms with van der Waals surface area (Å²) in [6.45, 7) is 4.57. The lowest BCUT2D eigenvalue weighted by Crippen LogP contribution is -2.00. The van der Waals surface area contributed by atoms with E-state index in [4.69, 9.17) is 0 Å². The maximum atomic E-state index is 3.76. The summed E-state index contributed by atoms with van der Waals surface area (Å²) in [7, 11) is 0. The van der Waals surface area contributed by atoms with Gasteiger partial charge < -0.3 is 5.32 Å². The molecule has 0 fully saturated rings. The molecule has 0 aromatic heterocycles. The van der Waals surface area contributed by atoms with Crippen LogP contribution in [0.3, 0.4) is 0 Å². The van der Waals surface area contributed by atoms with E-state index in [0.717, 1.165) is 0 Å². The Morgan fingerprint density at radius 3 is 1.31 bits per heavy atom. The van der Waals surface area contributed by atoms with Crippen molar-refractivity contribution in [3.05, 3.63) is 59.7 Å². The number of nitrogens with one attached hydrogen (secondary N) is 1. The third-order valence-electron chi connectivity index (χ3n) is 5.90. The molecule has 2 aromatic rings. The SMILES string of the molecule is CCCCCCCCc1ccccc1Nc1ccccc1CCCCCCCC. The number of rotatable bonds is 16. The van der Waals surface area contributed by atoms with Crippen molar-refractivity contribution in [2.45, 2.75) is 104 Å². The van der Waals surface area contributed by atoms with Crippen LogP contribution in [-0.4, -0.2) is 0 Å². The van der Waals surface area contributed by atoms with E-state index in [1.807, 2.05) is 0 Å². The minimum Gasteiger partial charge on any atom is -0.355 e. The predicted molar refractivity (Wildman–Crippen MR) is 130 cm³/mol. The van der Waals surface area contributed by atoms with Crippen LogP contribution in [0.5, 0.6) is 0 Å². The van der Waals surface area contributed by atoms with E-state index in [9.17, 15) is 0 Å². The van der Waals surface area contributed by atoms with Gasteiger partial charge in [0.25, 0.3) is 0 Å². The van der Waals surface area contributed by atoms with Gasteiger partial charge in [0.05, 0.1) is 0 Å². The molecule has 1 nitrogen and oxygen atoms in total. The van der Waals surface area contributed by atoms with Gasteiger partial charge in [0.1, 0.15) is 0 Å². The first-order chi connectivity index (χ1) is 14.3. The third kappa shape index (κ3) is 9.52. The normalized spacial score (nSPS) is 11.0. The maximum Gasteiger partial charge on any atom is 0.0416 e. The zero-order valence-electron chi connectivity index (χ0n) is 19.0. The van der Waals surface area contributed by atoms with Crippen molar-refractivity contribution in [2.24, 2.45) is 0 Å². The smallest absolute Gasteiger partial charge is 0.0416 e. The van der Waals surface area contributed by atoms with E-state index in [-0.39, 0.29) is 0 Å². The van der Waals surface area contributed by atoms with Crippen molar-refractivity contribution < 1.29 is 0 Å². The highest BCUT2D eigenvalue weighted by atomic mass is 14.9. The molecule has 0 unspecified atom stereocenters. The van der Waals surface area contributed by atoms with Crippen LogP contribution in [0.1, 0.15) is 102 Å². The monoisotopic (exact) mass is 393 g/mol. The van der Waals surface area contributed by atoms with Crippen LogP contribution in [0, 0.1) is 0 Å². The van der Waals surface area contributed by atoms with Crippen LogP contribution in [0.2, 0.25) is 0 Å². The Hall–Kier alpha value is -1.76. The summed E-state index contributed by atoms with van der Waals surface area (Å²) in [6, 6.07) is 17.8. The standard InChI is InChI=1S/C28H43N/c1-3-5-7-9-11-13-19-25-21-15-17-23-27(25)29-28-24-18-16-22-26(28)20-14-12-10-8-6-4-2/h15-18,21-24,29H,3-14,19-20H2,1-2H3. The number of anilines is 2. The fourth-order valence-corrected chi connectivity index (χ4v) is 4.06. The van der Waals surface area contributed by atoms with Crippen molar-refractivity contribution in [1.29, 1.82) is 0 Å². The Morgan fingerprint density at radius 1 is 0.483 bits per heavy atom. The Morgan fingerprint density at radius 2 is 0.862 bits per heavy atom. The molecule has 0 radical (unpaired) electrons. The number of benzene rings is 2. The van der Waals surface area contributed by atoms with Crippen molar-refractivity contribution in [1.82, 2.24) is 0 Å². The molecule has 2 aromatic carbocycles. The number of unbranched alkanes of at least 4 members (excludes halogenated alkanes) is 10. The van der Waals surface area contributed by atoms with E-state index in [1.54, 1.807) is 0 Å². The summed E-state index contributed by atoms with van der Waals surface area (Å²) < 4.78 is 0. The van der Waals surface area contributed by atoms with Crippen molar-refractivity contribution in [3.8, 4) is 0 Å². The molecule has 0 spiro atoms. The first kappa shape index (κ1) is 23.5. The molecule has 2 rings (SSSR count). The van der Waals surface area contributed by atoms with E-state index in [2.05, 4.69) is 67.7 Å². The van der Waals surface area contributed by atoms with Crippen LogP contribution in [0.4, 0.5) is 11.4 Å². The maximum absolute atomic E-state index is 3.76. The fraction of sp³-hybridized carbons (Fsp3) is 0.571. The Kier molecular flexibility index (Phi) is 12.3. The second kappa shape index (κ2) is 15.1. The van der Waals surface area contributed by atoms with Crippen LogP contribution in [-0.2, 0) is 12.8 Å². The largest absolute Gasteiger partial charge is 0.355 e. The summed E-state index contributed by atoms with van der Waals surface area (Å²) in [4.78, 5) is 0. The minimum atomic E-state index is 1.18. The van der Waals surface area contributed by atoms with Crippen LogP contribution in [0.25, 0.3) is 0 Å². The van der Waals surface area contributed by atoms with Gasteiger partial charge in [0.2, 0.25) is 0 Å². The number of aryl methyl sites for hydroxylation is 2. The Labute approximate surface area is 180 Å². The molecule has 0 atom stereocenters. The topological polar surface area (TPSA) is 12.0 Å². The summed E-state index contributed by atoms with van der Waals surface area (Å²) in [5.41, 5.74) is 5.49. The average molecular weight is 394 g/mol. The molecule has 1 N–H and O–H groups in total. The van der Waals surface area contributed by atoms with Gasteiger partial charge in [-0.1, -0.05) is 114 Å². The second-order valence-corrected chi connectivity index (χ2v) is 8.47. The van der Waals surface area contributed by atoms with Gasteiger partial charge in [0.15, 0.2) is 0 Å². The molecule has 0 aliphatic rings. The molecule has 0 aliphatic heterocycles. The summed E-state index contributed by atoms with van der Waals surface area (Å²) >= 11 is 0. The van der Waals surface area contributed by atoms with Gasteiger partial charge in [-0.3, -0.25) is 0 Å². The highest BCUT2D eigenvalue weighted by Gasteiger charge is 2.06. The van der Waals surface area contributed by atoms with Gasteiger partial charge in [-0.2, -0.15) is 0 Å². The number of hydrogen-bond acceptors (Lipinski definition) is 1. The third-order valence-corrected chi connectivity index (χ3v) is 5.90. The van der Waals surface area contributed by atoms with E-state index >= 15 is 0 Å². The summed E-state index contributed by atoms with van der Waals surface area (Å²) in [6.07, 6.45) is 18.6. The van der Waals surface area contributed by atoms with Gasteiger partial charge >= 0.3 is 0 Å². The summed E-state index contributed by atoms with van der Waals surface area (Å²) in [5.74, 6) is 0. The fourth-order valence-electron chi connectivity index (χ4n) is 4.06. The lowest BCUT2D eigenvalue weighted by atomic mass is 10.0. The van der Waals surface area contributed by atoms with Crippen molar-refractivity contribution >= 4 is 11.4 Å². The molecule has 0 amide bonds. The number of para-hydroxylation sites is 2. The van der Waals surface area contributed by atoms with Crippen molar-refractivity contribution in [3.63, 3.8) is 0 Å². The molecule has 0 bridgehead atoms.